The second kappa shape index (κ2) is 7.11. The summed E-state index contributed by atoms with van der Waals surface area (Å²) in [4.78, 5) is 16.3. The Morgan fingerprint density at radius 2 is 2.12 bits per heavy atom. The molecule has 0 aliphatic heterocycles. The van der Waals surface area contributed by atoms with Crippen molar-refractivity contribution in [2.24, 2.45) is 7.05 Å². The largest absolute Gasteiger partial charge is 0.360 e. The number of benzene rings is 1. The van der Waals surface area contributed by atoms with Crippen LogP contribution >= 0.6 is 23.4 Å². The molecular weight excluding hydrogens is 348 g/mol. The Kier molecular flexibility index (Phi) is 4.92. The van der Waals surface area contributed by atoms with Crippen LogP contribution in [-0.2, 0) is 11.8 Å². The summed E-state index contributed by atoms with van der Waals surface area (Å²) in [6.45, 7) is 1.77. The molecule has 0 radical (unpaired) electrons. The summed E-state index contributed by atoms with van der Waals surface area (Å²) in [5.74, 6) is 1.13. The summed E-state index contributed by atoms with van der Waals surface area (Å²) in [6.07, 6.45) is 1.78. The molecule has 6 nitrogen and oxygen atoms in total. The van der Waals surface area contributed by atoms with Crippen molar-refractivity contribution in [3.05, 3.63) is 47.3 Å². The first-order valence-electron chi connectivity index (χ1n) is 7.16. The molecule has 0 saturated heterocycles. The van der Waals surface area contributed by atoms with E-state index in [-0.39, 0.29) is 11.7 Å². The fraction of sp³-hybridized carbons (Fsp3) is 0.188. The molecule has 0 fully saturated rings. The number of carbonyl (C=O) groups is 1. The SMILES string of the molecule is Cc1cc(NC(=O)CSc2ncc(-c3ccc(Cl)cc3)n2C)no1. The Morgan fingerprint density at radius 3 is 2.79 bits per heavy atom. The quantitative estimate of drug-likeness (QED) is 0.699. The Bertz CT molecular complexity index is 857. The summed E-state index contributed by atoms with van der Waals surface area (Å²) in [6, 6.07) is 9.22. The van der Waals surface area contributed by atoms with Gasteiger partial charge in [0.15, 0.2) is 11.0 Å². The summed E-state index contributed by atoms with van der Waals surface area (Å²) < 4.78 is 6.86. The van der Waals surface area contributed by atoms with Gasteiger partial charge in [0, 0.05) is 18.1 Å². The van der Waals surface area contributed by atoms with Gasteiger partial charge in [-0.2, -0.15) is 0 Å². The van der Waals surface area contributed by atoms with Gasteiger partial charge in [-0.05, 0) is 24.6 Å². The zero-order chi connectivity index (χ0) is 17.1. The lowest BCUT2D eigenvalue weighted by atomic mass is 10.2. The van der Waals surface area contributed by atoms with E-state index < -0.39 is 0 Å². The number of amides is 1. The lowest BCUT2D eigenvalue weighted by molar-refractivity contribution is -0.113. The molecule has 0 aliphatic carbocycles. The van der Waals surface area contributed by atoms with Crippen molar-refractivity contribution in [1.29, 1.82) is 0 Å². The average molecular weight is 363 g/mol. The molecule has 0 bridgehead atoms. The second-order valence-electron chi connectivity index (χ2n) is 5.15. The number of aromatic nitrogens is 3. The van der Waals surface area contributed by atoms with E-state index in [9.17, 15) is 4.79 Å². The van der Waals surface area contributed by atoms with E-state index in [1.165, 1.54) is 11.8 Å². The fourth-order valence-corrected chi connectivity index (χ4v) is 3.03. The van der Waals surface area contributed by atoms with E-state index in [1.54, 1.807) is 19.2 Å². The van der Waals surface area contributed by atoms with Crippen LogP contribution in [-0.4, -0.2) is 26.4 Å². The number of nitrogens with one attached hydrogen (secondary N) is 1. The monoisotopic (exact) mass is 362 g/mol. The molecule has 0 unspecified atom stereocenters. The second-order valence-corrected chi connectivity index (χ2v) is 6.53. The van der Waals surface area contributed by atoms with Crippen LogP contribution in [0, 0.1) is 6.92 Å². The highest BCUT2D eigenvalue weighted by Crippen LogP contribution is 2.26. The molecule has 2 heterocycles. The highest BCUT2D eigenvalue weighted by molar-refractivity contribution is 7.99. The van der Waals surface area contributed by atoms with Gasteiger partial charge in [-0.1, -0.05) is 40.7 Å². The first kappa shape index (κ1) is 16.6. The minimum Gasteiger partial charge on any atom is -0.360 e. The minimum atomic E-state index is -0.163. The van der Waals surface area contributed by atoms with Crippen LogP contribution in [0.15, 0.2) is 46.2 Å². The van der Waals surface area contributed by atoms with Gasteiger partial charge in [-0.15, -0.1) is 0 Å². The van der Waals surface area contributed by atoms with Gasteiger partial charge in [0.2, 0.25) is 5.91 Å². The Hall–Kier alpha value is -2.25. The highest BCUT2D eigenvalue weighted by Gasteiger charge is 2.12. The van der Waals surface area contributed by atoms with Crippen molar-refractivity contribution in [3.8, 4) is 11.3 Å². The minimum absolute atomic E-state index is 0.163. The van der Waals surface area contributed by atoms with Gasteiger partial charge in [-0.25, -0.2) is 4.98 Å². The molecule has 0 spiro atoms. The number of imidazole rings is 1. The first-order valence-corrected chi connectivity index (χ1v) is 8.53. The third-order valence-electron chi connectivity index (χ3n) is 3.31. The van der Waals surface area contributed by atoms with Crippen LogP contribution in [0.3, 0.4) is 0 Å². The molecule has 1 N–H and O–H groups in total. The normalized spacial score (nSPS) is 10.8. The van der Waals surface area contributed by atoms with Crippen LogP contribution < -0.4 is 5.32 Å². The van der Waals surface area contributed by atoms with Crippen LogP contribution in [0.4, 0.5) is 5.82 Å². The zero-order valence-corrected chi connectivity index (χ0v) is 14.7. The Morgan fingerprint density at radius 1 is 1.38 bits per heavy atom. The van der Waals surface area contributed by atoms with Crippen LogP contribution in [0.1, 0.15) is 5.76 Å². The summed E-state index contributed by atoms with van der Waals surface area (Å²) in [5.41, 5.74) is 1.98. The number of hydrogen-bond donors (Lipinski definition) is 1. The maximum absolute atomic E-state index is 12.0. The number of aryl methyl sites for hydroxylation is 1. The molecule has 0 aliphatic rings. The Labute approximate surface area is 148 Å². The molecule has 3 rings (SSSR count). The molecule has 1 amide bonds. The third-order valence-corrected chi connectivity index (χ3v) is 4.61. The summed E-state index contributed by atoms with van der Waals surface area (Å²) >= 11 is 7.27. The third kappa shape index (κ3) is 3.80. The number of halogens is 1. The van der Waals surface area contributed by atoms with Crippen molar-refractivity contribution in [1.82, 2.24) is 14.7 Å². The van der Waals surface area contributed by atoms with Crippen molar-refractivity contribution in [3.63, 3.8) is 0 Å². The van der Waals surface area contributed by atoms with Gasteiger partial charge >= 0.3 is 0 Å². The number of thioether (sulfide) groups is 1. The van der Waals surface area contributed by atoms with Crippen LogP contribution in [0.2, 0.25) is 5.02 Å². The average Bonchev–Trinajstić information content (AvgIpc) is 3.12. The van der Waals surface area contributed by atoms with E-state index >= 15 is 0 Å². The molecule has 3 aromatic rings. The summed E-state index contributed by atoms with van der Waals surface area (Å²) in [5, 5.41) is 7.86. The van der Waals surface area contributed by atoms with Crippen molar-refractivity contribution < 1.29 is 9.32 Å². The molecule has 24 heavy (non-hydrogen) atoms. The molecule has 0 atom stereocenters. The summed E-state index contributed by atoms with van der Waals surface area (Å²) in [7, 11) is 1.91. The van der Waals surface area contributed by atoms with E-state index in [0.29, 0.717) is 16.6 Å². The lowest BCUT2D eigenvalue weighted by Gasteiger charge is -2.06. The van der Waals surface area contributed by atoms with Gasteiger partial charge in [-0.3, -0.25) is 4.79 Å². The molecule has 1 aromatic carbocycles. The smallest absolute Gasteiger partial charge is 0.236 e. The molecule has 0 saturated carbocycles. The number of nitrogens with zero attached hydrogens (tertiary/aromatic N) is 3. The van der Waals surface area contributed by atoms with Gasteiger partial charge in [0.25, 0.3) is 0 Å². The van der Waals surface area contributed by atoms with Gasteiger partial charge in [0.05, 0.1) is 17.6 Å². The lowest BCUT2D eigenvalue weighted by Crippen LogP contribution is -2.14. The van der Waals surface area contributed by atoms with Gasteiger partial charge in [0.1, 0.15) is 5.76 Å². The van der Waals surface area contributed by atoms with E-state index in [1.807, 2.05) is 35.9 Å². The van der Waals surface area contributed by atoms with Crippen molar-refractivity contribution in [2.75, 3.05) is 11.1 Å². The van der Waals surface area contributed by atoms with Crippen molar-refractivity contribution in [2.45, 2.75) is 12.1 Å². The molecule has 124 valence electrons. The maximum atomic E-state index is 12.0. The number of rotatable bonds is 5. The predicted octanol–water partition coefficient (Wildman–Crippen LogP) is 3.77. The van der Waals surface area contributed by atoms with E-state index in [2.05, 4.69) is 15.5 Å². The molecule has 8 heteroatoms. The standard InChI is InChI=1S/C16H15ClN4O2S/c1-10-7-14(20-23-10)19-15(22)9-24-16-18-8-13(21(16)2)11-3-5-12(17)6-4-11/h3-8H,9H2,1-2H3,(H,19,20,22). The highest BCUT2D eigenvalue weighted by atomic mass is 35.5. The fourth-order valence-electron chi connectivity index (χ4n) is 2.15. The topological polar surface area (TPSA) is 73.0 Å². The first-order chi connectivity index (χ1) is 11.5. The Balaban J connectivity index is 1.63. The van der Waals surface area contributed by atoms with E-state index in [0.717, 1.165) is 16.4 Å². The number of anilines is 1. The van der Waals surface area contributed by atoms with Crippen LogP contribution in [0.25, 0.3) is 11.3 Å². The van der Waals surface area contributed by atoms with E-state index in [4.69, 9.17) is 16.1 Å². The zero-order valence-electron chi connectivity index (χ0n) is 13.1. The van der Waals surface area contributed by atoms with Crippen molar-refractivity contribution >= 4 is 35.1 Å². The number of carbonyl (C=O) groups excluding carboxylic acids is 1. The van der Waals surface area contributed by atoms with Gasteiger partial charge < -0.3 is 14.4 Å². The number of hydrogen-bond acceptors (Lipinski definition) is 5. The van der Waals surface area contributed by atoms with Crippen LogP contribution in [0.5, 0.6) is 0 Å². The molecule has 2 aromatic heterocycles. The predicted molar refractivity (Wildman–Crippen MR) is 94.2 cm³/mol. The maximum Gasteiger partial charge on any atom is 0.236 e. The molecular formula is C16H15ClN4O2S.